The van der Waals surface area contributed by atoms with Crippen LogP contribution in [-0.2, 0) is 6.42 Å². The second-order valence-electron chi connectivity index (χ2n) is 2.48. The number of hydrogen-bond acceptors (Lipinski definition) is 3. The van der Waals surface area contributed by atoms with E-state index in [-0.39, 0.29) is 6.61 Å². The molecule has 0 aromatic carbocycles. The topological polar surface area (TPSA) is 42.4 Å². The Morgan fingerprint density at radius 2 is 2.42 bits per heavy atom. The van der Waals surface area contributed by atoms with Gasteiger partial charge < -0.3 is 9.84 Å². The number of aliphatic hydroxyl groups is 1. The Hall–Kier alpha value is -1.09. The van der Waals surface area contributed by atoms with Crippen molar-refractivity contribution in [3.05, 3.63) is 24.0 Å². The number of aromatic nitrogens is 1. The van der Waals surface area contributed by atoms with Crippen molar-refractivity contribution in [3.8, 4) is 5.75 Å². The highest BCUT2D eigenvalue weighted by Crippen LogP contribution is 2.15. The van der Waals surface area contributed by atoms with Crippen LogP contribution in [0.4, 0.5) is 0 Å². The monoisotopic (exact) mass is 167 g/mol. The van der Waals surface area contributed by atoms with Crippen LogP contribution in [-0.4, -0.2) is 23.8 Å². The summed E-state index contributed by atoms with van der Waals surface area (Å²) in [6, 6.07) is 3.71. The van der Waals surface area contributed by atoms with Crippen molar-refractivity contribution < 1.29 is 9.84 Å². The molecule has 1 aromatic heterocycles. The van der Waals surface area contributed by atoms with Crippen molar-refractivity contribution in [1.82, 2.24) is 4.98 Å². The lowest BCUT2D eigenvalue weighted by molar-refractivity contribution is 0.287. The molecule has 0 atom stereocenters. The predicted octanol–water partition coefficient (Wildman–Crippen LogP) is 1.02. The number of methoxy groups -OCH3 is 1. The van der Waals surface area contributed by atoms with Gasteiger partial charge >= 0.3 is 0 Å². The predicted molar refractivity (Wildman–Crippen MR) is 46.2 cm³/mol. The first kappa shape index (κ1) is 9.00. The Morgan fingerprint density at radius 3 is 3.08 bits per heavy atom. The second kappa shape index (κ2) is 4.72. The highest BCUT2D eigenvalue weighted by Gasteiger charge is 2.01. The lowest BCUT2D eigenvalue weighted by Gasteiger charge is -2.04. The second-order valence-corrected chi connectivity index (χ2v) is 2.48. The van der Waals surface area contributed by atoms with Gasteiger partial charge in [0.25, 0.3) is 0 Å². The molecule has 1 heterocycles. The van der Waals surface area contributed by atoms with E-state index in [0.29, 0.717) is 0 Å². The molecule has 1 aromatic rings. The molecule has 12 heavy (non-hydrogen) atoms. The summed E-state index contributed by atoms with van der Waals surface area (Å²) in [4.78, 5) is 4.15. The van der Waals surface area contributed by atoms with Gasteiger partial charge in [-0.3, -0.25) is 4.98 Å². The standard InChI is InChI=1S/C9H13NO2/c1-12-9-5-2-6-10-8(9)4-3-7-11/h2,5-6,11H,3-4,7H2,1H3. The van der Waals surface area contributed by atoms with Crippen molar-refractivity contribution in [2.24, 2.45) is 0 Å². The van der Waals surface area contributed by atoms with Crippen LogP contribution in [0.25, 0.3) is 0 Å². The fourth-order valence-electron chi connectivity index (χ4n) is 1.04. The minimum absolute atomic E-state index is 0.194. The Balaban J connectivity index is 2.68. The molecule has 0 aliphatic heterocycles. The average molecular weight is 167 g/mol. The summed E-state index contributed by atoms with van der Waals surface area (Å²) in [5.41, 5.74) is 0.911. The van der Waals surface area contributed by atoms with Gasteiger partial charge in [-0.15, -0.1) is 0 Å². The molecule has 0 radical (unpaired) electrons. The van der Waals surface area contributed by atoms with Crippen molar-refractivity contribution in [3.63, 3.8) is 0 Å². The number of aliphatic hydroxyl groups excluding tert-OH is 1. The fraction of sp³-hybridized carbons (Fsp3) is 0.444. The summed E-state index contributed by atoms with van der Waals surface area (Å²) in [5, 5.41) is 8.62. The SMILES string of the molecule is COc1cccnc1CCCO. The fourth-order valence-corrected chi connectivity index (χ4v) is 1.04. The highest BCUT2D eigenvalue weighted by atomic mass is 16.5. The van der Waals surface area contributed by atoms with Crippen LogP contribution in [0.15, 0.2) is 18.3 Å². The van der Waals surface area contributed by atoms with E-state index < -0.39 is 0 Å². The van der Waals surface area contributed by atoms with E-state index in [0.717, 1.165) is 24.3 Å². The van der Waals surface area contributed by atoms with Crippen LogP contribution >= 0.6 is 0 Å². The third-order valence-electron chi connectivity index (χ3n) is 1.64. The number of nitrogens with zero attached hydrogens (tertiary/aromatic N) is 1. The smallest absolute Gasteiger partial charge is 0.140 e. The lowest BCUT2D eigenvalue weighted by atomic mass is 10.2. The summed E-state index contributed by atoms with van der Waals surface area (Å²) in [7, 11) is 1.62. The number of pyridine rings is 1. The van der Waals surface area contributed by atoms with E-state index in [1.165, 1.54) is 0 Å². The van der Waals surface area contributed by atoms with Crippen molar-refractivity contribution in [1.29, 1.82) is 0 Å². The summed E-state index contributed by atoms with van der Waals surface area (Å²) in [5.74, 6) is 0.797. The first-order chi connectivity index (χ1) is 5.88. The van der Waals surface area contributed by atoms with Gasteiger partial charge in [0.15, 0.2) is 0 Å². The number of ether oxygens (including phenoxy) is 1. The van der Waals surface area contributed by atoms with Crippen LogP contribution in [0, 0.1) is 0 Å². The van der Waals surface area contributed by atoms with Crippen molar-refractivity contribution in [2.75, 3.05) is 13.7 Å². The molecule has 0 aliphatic carbocycles. The Morgan fingerprint density at radius 1 is 1.58 bits per heavy atom. The van der Waals surface area contributed by atoms with E-state index >= 15 is 0 Å². The van der Waals surface area contributed by atoms with E-state index in [9.17, 15) is 0 Å². The maximum atomic E-state index is 8.62. The van der Waals surface area contributed by atoms with Gasteiger partial charge in [-0.1, -0.05) is 0 Å². The van der Waals surface area contributed by atoms with E-state index in [1.807, 2.05) is 12.1 Å². The Labute approximate surface area is 72.0 Å². The molecule has 1 rings (SSSR count). The first-order valence-corrected chi connectivity index (χ1v) is 3.97. The number of rotatable bonds is 4. The van der Waals surface area contributed by atoms with E-state index in [2.05, 4.69) is 4.98 Å². The molecule has 66 valence electrons. The molecular formula is C9H13NO2. The molecule has 1 N–H and O–H groups in total. The van der Waals surface area contributed by atoms with Crippen LogP contribution < -0.4 is 4.74 Å². The van der Waals surface area contributed by atoms with E-state index in [4.69, 9.17) is 9.84 Å². The molecule has 0 aliphatic rings. The molecule has 0 bridgehead atoms. The van der Waals surface area contributed by atoms with Gasteiger partial charge in [-0.05, 0) is 25.0 Å². The van der Waals surface area contributed by atoms with Gasteiger partial charge in [0.1, 0.15) is 5.75 Å². The molecule has 0 spiro atoms. The lowest BCUT2D eigenvalue weighted by Crippen LogP contribution is -1.96. The summed E-state index contributed by atoms with van der Waals surface area (Å²) >= 11 is 0. The molecule has 3 nitrogen and oxygen atoms in total. The summed E-state index contributed by atoms with van der Waals surface area (Å²) < 4.78 is 5.10. The number of aryl methyl sites for hydroxylation is 1. The molecule has 0 amide bonds. The van der Waals surface area contributed by atoms with Crippen LogP contribution in [0.5, 0.6) is 5.75 Å². The van der Waals surface area contributed by atoms with Gasteiger partial charge in [-0.25, -0.2) is 0 Å². The van der Waals surface area contributed by atoms with Gasteiger partial charge in [0.2, 0.25) is 0 Å². The molecular weight excluding hydrogens is 154 g/mol. The summed E-state index contributed by atoms with van der Waals surface area (Å²) in [6.45, 7) is 0.194. The third-order valence-corrected chi connectivity index (χ3v) is 1.64. The minimum atomic E-state index is 0.194. The van der Waals surface area contributed by atoms with Crippen LogP contribution in [0.2, 0.25) is 0 Å². The normalized spacial score (nSPS) is 9.83. The maximum Gasteiger partial charge on any atom is 0.140 e. The third kappa shape index (κ3) is 2.20. The zero-order valence-corrected chi connectivity index (χ0v) is 7.16. The highest BCUT2D eigenvalue weighted by molar-refractivity contribution is 5.26. The van der Waals surface area contributed by atoms with E-state index in [1.54, 1.807) is 13.3 Å². The minimum Gasteiger partial charge on any atom is -0.495 e. The molecule has 0 fully saturated rings. The Kier molecular flexibility index (Phi) is 3.54. The number of hydrogen-bond donors (Lipinski definition) is 1. The Bertz CT molecular complexity index is 238. The van der Waals surface area contributed by atoms with Crippen LogP contribution in [0.3, 0.4) is 0 Å². The summed E-state index contributed by atoms with van der Waals surface area (Å²) in [6.07, 6.45) is 3.23. The van der Waals surface area contributed by atoms with Gasteiger partial charge in [-0.2, -0.15) is 0 Å². The molecule has 0 saturated heterocycles. The quantitative estimate of drug-likeness (QED) is 0.727. The van der Waals surface area contributed by atoms with Crippen LogP contribution in [0.1, 0.15) is 12.1 Å². The maximum absolute atomic E-state index is 8.62. The molecule has 3 heteroatoms. The average Bonchev–Trinajstić information content (AvgIpc) is 2.15. The van der Waals surface area contributed by atoms with Gasteiger partial charge in [0, 0.05) is 12.8 Å². The molecule has 0 saturated carbocycles. The zero-order chi connectivity index (χ0) is 8.81. The zero-order valence-electron chi connectivity index (χ0n) is 7.16. The first-order valence-electron chi connectivity index (χ1n) is 3.97. The largest absolute Gasteiger partial charge is 0.495 e. The van der Waals surface area contributed by atoms with Crippen molar-refractivity contribution in [2.45, 2.75) is 12.8 Å². The van der Waals surface area contributed by atoms with Gasteiger partial charge in [0.05, 0.1) is 12.8 Å². The molecule has 0 unspecified atom stereocenters. The van der Waals surface area contributed by atoms with Crippen molar-refractivity contribution >= 4 is 0 Å².